The van der Waals surface area contributed by atoms with Gasteiger partial charge in [-0.2, -0.15) is 4.98 Å². The summed E-state index contributed by atoms with van der Waals surface area (Å²) >= 11 is 13.2. The first-order chi connectivity index (χ1) is 8.65. The maximum Gasteiger partial charge on any atom is 0.216 e. The van der Waals surface area contributed by atoms with E-state index in [-0.39, 0.29) is 0 Å². The van der Waals surface area contributed by atoms with Gasteiger partial charge < -0.3 is 10.5 Å². The molecule has 3 N–H and O–H groups in total. The molecule has 0 radical (unpaired) electrons. The topological polar surface area (TPSA) is 76.8 Å². The van der Waals surface area contributed by atoms with Crippen molar-refractivity contribution >= 4 is 40.9 Å². The second-order valence-corrected chi connectivity index (χ2v) is 5.18. The molecular weight excluding hydrogens is 295 g/mol. The molecule has 0 bridgehead atoms. The third kappa shape index (κ3) is 3.69. The highest BCUT2D eigenvalue weighted by Crippen LogP contribution is 2.27. The molecule has 1 aromatic carbocycles. The number of H-pyrrole nitrogens is 1. The number of nitrogen functional groups attached to an aromatic ring is 1. The summed E-state index contributed by atoms with van der Waals surface area (Å²) in [6.45, 7) is 0.487. The Balaban J connectivity index is 1.78. The number of nitrogens with two attached hydrogens (primary N) is 1. The molecule has 0 saturated carbocycles. The first-order valence-corrected chi connectivity index (χ1v) is 6.78. The lowest BCUT2D eigenvalue weighted by Gasteiger charge is -2.06. The van der Waals surface area contributed by atoms with Crippen LogP contribution < -0.4 is 10.5 Å². The molecule has 0 fully saturated rings. The summed E-state index contributed by atoms with van der Waals surface area (Å²) in [5.74, 6) is 1.60. The quantitative estimate of drug-likeness (QED) is 0.656. The van der Waals surface area contributed by atoms with Gasteiger partial charge in [-0.15, -0.1) is 5.10 Å². The van der Waals surface area contributed by atoms with Gasteiger partial charge in [-0.1, -0.05) is 35.0 Å². The minimum Gasteiger partial charge on any atom is -0.491 e. The number of benzene rings is 1. The monoisotopic (exact) mass is 304 g/mol. The third-order valence-corrected chi connectivity index (χ3v) is 3.29. The summed E-state index contributed by atoms with van der Waals surface area (Å²) < 4.78 is 5.51. The highest BCUT2D eigenvalue weighted by molar-refractivity contribution is 7.99. The fourth-order valence-electron chi connectivity index (χ4n) is 1.20. The van der Waals surface area contributed by atoms with E-state index in [0.29, 0.717) is 39.3 Å². The van der Waals surface area contributed by atoms with E-state index < -0.39 is 0 Å². The molecule has 0 amide bonds. The molecule has 2 aromatic rings. The molecule has 1 heterocycles. The molecule has 96 valence electrons. The Bertz CT molecular complexity index is 534. The van der Waals surface area contributed by atoms with Crippen LogP contribution in [0.4, 0.5) is 5.95 Å². The van der Waals surface area contributed by atoms with Gasteiger partial charge >= 0.3 is 0 Å². The van der Waals surface area contributed by atoms with E-state index in [1.54, 1.807) is 18.2 Å². The summed E-state index contributed by atoms with van der Waals surface area (Å²) in [6.07, 6.45) is 0. The number of nitrogens with one attached hydrogen (secondary N) is 1. The van der Waals surface area contributed by atoms with Crippen LogP contribution in [0.1, 0.15) is 0 Å². The van der Waals surface area contributed by atoms with Gasteiger partial charge in [0.05, 0.1) is 11.6 Å². The van der Waals surface area contributed by atoms with Crippen LogP contribution in [-0.2, 0) is 0 Å². The van der Waals surface area contributed by atoms with Crippen molar-refractivity contribution in [1.29, 1.82) is 0 Å². The van der Waals surface area contributed by atoms with Crippen LogP contribution in [0.2, 0.25) is 10.0 Å². The van der Waals surface area contributed by atoms with E-state index >= 15 is 0 Å². The van der Waals surface area contributed by atoms with Gasteiger partial charge in [0, 0.05) is 10.8 Å². The molecule has 1 aromatic heterocycles. The summed E-state index contributed by atoms with van der Waals surface area (Å²) in [4.78, 5) is 3.96. The lowest BCUT2D eigenvalue weighted by atomic mass is 10.3. The number of thioether (sulfide) groups is 1. The molecular formula is C10H10Cl2N4OS. The summed E-state index contributed by atoms with van der Waals surface area (Å²) in [7, 11) is 0. The lowest BCUT2D eigenvalue weighted by Crippen LogP contribution is -2.00. The molecule has 2 rings (SSSR count). The normalized spacial score (nSPS) is 10.6. The zero-order chi connectivity index (χ0) is 13.0. The molecule has 0 saturated heterocycles. The minimum absolute atomic E-state index is 0.305. The number of aromatic nitrogens is 3. The molecule has 8 heteroatoms. The molecule has 0 aliphatic rings. The summed E-state index contributed by atoms with van der Waals surface area (Å²) in [5.41, 5.74) is 5.40. The Morgan fingerprint density at radius 1 is 1.39 bits per heavy atom. The summed E-state index contributed by atoms with van der Waals surface area (Å²) in [5, 5.41) is 8.13. The fourth-order valence-corrected chi connectivity index (χ4v) is 2.28. The number of hydrogen-bond donors (Lipinski definition) is 2. The number of nitrogens with zero attached hydrogens (tertiary/aromatic N) is 2. The Labute approximate surface area is 118 Å². The van der Waals surface area contributed by atoms with Crippen LogP contribution >= 0.6 is 35.0 Å². The lowest BCUT2D eigenvalue weighted by molar-refractivity contribution is 0.344. The number of ether oxygens (including phenoxy) is 1. The van der Waals surface area contributed by atoms with Gasteiger partial charge in [0.1, 0.15) is 5.75 Å². The van der Waals surface area contributed by atoms with Gasteiger partial charge in [-0.25, -0.2) is 5.10 Å². The SMILES string of the molecule is Nc1nc(SCCOc2ccc(Cl)cc2Cl)n[nH]1. The van der Waals surface area contributed by atoms with Crippen molar-refractivity contribution < 1.29 is 4.74 Å². The standard InChI is InChI=1S/C10H10Cl2N4OS/c11-6-1-2-8(7(12)5-6)17-3-4-18-10-14-9(13)15-16-10/h1-2,5H,3-4H2,(H3,13,14,15,16). The van der Waals surface area contributed by atoms with E-state index in [1.807, 2.05) is 0 Å². The average molecular weight is 305 g/mol. The van der Waals surface area contributed by atoms with E-state index in [9.17, 15) is 0 Å². The van der Waals surface area contributed by atoms with Gasteiger partial charge in [-0.3, -0.25) is 0 Å². The van der Waals surface area contributed by atoms with E-state index in [1.165, 1.54) is 11.8 Å². The second-order valence-electron chi connectivity index (χ2n) is 3.27. The molecule has 0 aliphatic heterocycles. The maximum atomic E-state index is 5.97. The van der Waals surface area contributed by atoms with Crippen molar-refractivity contribution in [3.05, 3.63) is 28.2 Å². The van der Waals surface area contributed by atoms with Crippen LogP contribution in [0.3, 0.4) is 0 Å². The van der Waals surface area contributed by atoms with E-state index in [2.05, 4.69) is 15.2 Å². The molecule has 0 spiro atoms. The number of rotatable bonds is 5. The average Bonchev–Trinajstić information content (AvgIpc) is 2.73. The Hall–Kier alpha value is -1.11. The second kappa shape index (κ2) is 6.17. The van der Waals surface area contributed by atoms with Crippen LogP contribution in [0.15, 0.2) is 23.4 Å². The van der Waals surface area contributed by atoms with Crippen molar-refractivity contribution in [2.45, 2.75) is 5.16 Å². The van der Waals surface area contributed by atoms with Crippen LogP contribution in [0.25, 0.3) is 0 Å². The van der Waals surface area contributed by atoms with Crippen molar-refractivity contribution in [2.24, 2.45) is 0 Å². The number of hydrogen-bond acceptors (Lipinski definition) is 5. The fraction of sp³-hybridized carbons (Fsp3) is 0.200. The van der Waals surface area contributed by atoms with Crippen molar-refractivity contribution in [2.75, 3.05) is 18.1 Å². The van der Waals surface area contributed by atoms with Gasteiger partial charge in [0.2, 0.25) is 11.1 Å². The number of aromatic amines is 1. The van der Waals surface area contributed by atoms with Crippen LogP contribution in [-0.4, -0.2) is 27.5 Å². The Kier molecular flexibility index (Phi) is 4.57. The van der Waals surface area contributed by atoms with Crippen molar-refractivity contribution in [3.8, 4) is 5.75 Å². The molecule has 0 aliphatic carbocycles. The zero-order valence-electron chi connectivity index (χ0n) is 9.19. The van der Waals surface area contributed by atoms with Crippen molar-refractivity contribution in [1.82, 2.24) is 15.2 Å². The highest BCUT2D eigenvalue weighted by atomic mass is 35.5. The number of anilines is 1. The molecule has 18 heavy (non-hydrogen) atoms. The van der Waals surface area contributed by atoms with Gasteiger partial charge in [-0.05, 0) is 18.2 Å². The number of halogens is 2. The van der Waals surface area contributed by atoms with Gasteiger partial charge in [0.25, 0.3) is 0 Å². The molecule has 0 atom stereocenters. The first-order valence-electron chi connectivity index (χ1n) is 5.03. The molecule has 5 nitrogen and oxygen atoms in total. The predicted octanol–water partition coefficient (Wildman–Crippen LogP) is 2.86. The van der Waals surface area contributed by atoms with Gasteiger partial charge in [0.15, 0.2) is 0 Å². The van der Waals surface area contributed by atoms with E-state index in [0.717, 1.165) is 0 Å². The highest BCUT2D eigenvalue weighted by Gasteiger charge is 2.04. The molecule has 0 unspecified atom stereocenters. The first kappa shape index (κ1) is 13.3. The van der Waals surface area contributed by atoms with Crippen LogP contribution in [0, 0.1) is 0 Å². The zero-order valence-corrected chi connectivity index (χ0v) is 11.5. The predicted molar refractivity (Wildman–Crippen MR) is 73.5 cm³/mol. The van der Waals surface area contributed by atoms with Crippen LogP contribution in [0.5, 0.6) is 5.75 Å². The maximum absolute atomic E-state index is 5.97. The largest absolute Gasteiger partial charge is 0.491 e. The third-order valence-electron chi connectivity index (χ3n) is 1.95. The smallest absolute Gasteiger partial charge is 0.216 e. The summed E-state index contributed by atoms with van der Waals surface area (Å²) in [6, 6.07) is 5.10. The van der Waals surface area contributed by atoms with E-state index in [4.69, 9.17) is 33.7 Å². The Morgan fingerprint density at radius 3 is 2.89 bits per heavy atom. The minimum atomic E-state index is 0.305. The van der Waals surface area contributed by atoms with Crippen molar-refractivity contribution in [3.63, 3.8) is 0 Å². The Morgan fingerprint density at radius 2 is 2.22 bits per heavy atom.